The van der Waals surface area contributed by atoms with E-state index in [2.05, 4.69) is 50.4 Å². The van der Waals surface area contributed by atoms with Crippen molar-refractivity contribution in [3.63, 3.8) is 0 Å². The maximum atomic E-state index is 14.0. The number of aromatic nitrogens is 1. The summed E-state index contributed by atoms with van der Waals surface area (Å²) < 4.78 is 7.69. The van der Waals surface area contributed by atoms with Crippen molar-refractivity contribution in [3.8, 4) is 0 Å². The van der Waals surface area contributed by atoms with Crippen LogP contribution < -0.4 is 10.6 Å². The zero-order valence-corrected chi connectivity index (χ0v) is 29.3. The van der Waals surface area contributed by atoms with E-state index in [1.807, 2.05) is 81.6 Å². The van der Waals surface area contributed by atoms with E-state index in [1.165, 1.54) is 0 Å². The highest BCUT2D eigenvalue weighted by molar-refractivity contribution is 7.99. The molecule has 5 aromatic rings. The maximum Gasteiger partial charge on any atom is 0.252 e. The van der Waals surface area contributed by atoms with Crippen LogP contribution >= 0.6 is 11.8 Å². The van der Waals surface area contributed by atoms with Gasteiger partial charge in [0, 0.05) is 77.0 Å². The molecule has 0 saturated carbocycles. The molecule has 9 heteroatoms. The Kier molecular flexibility index (Phi) is 11.0. The Balaban J connectivity index is 1.23. The number of benzene rings is 4. The number of thioether (sulfide) groups is 1. The van der Waals surface area contributed by atoms with Gasteiger partial charge in [0.25, 0.3) is 11.8 Å². The van der Waals surface area contributed by atoms with Crippen LogP contribution in [0.25, 0.3) is 21.7 Å². The van der Waals surface area contributed by atoms with Gasteiger partial charge >= 0.3 is 0 Å². The van der Waals surface area contributed by atoms with E-state index >= 15 is 0 Å². The van der Waals surface area contributed by atoms with Crippen molar-refractivity contribution >= 4 is 45.3 Å². The molecule has 1 aliphatic heterocycles. The molecule has 2 heterocycles. The van der Waals surface area contributed by atoms with E-state index in [9.17, 15) is 14.7 Å². The van der Waals surface area contributed by atoms with E-state index in [4.69, 9.17) is 4.74 Å². The monoisotopic (exact) mass is 678 g/mol. The number of carbonyl (C=O) groups is 2. The van der Waals surface area contributed by atoms with Crippen molar-refractivity contribution in [2.24, 2.45) is 0 Å². The topological polar surface area (TPSA) is 95.8 Å². The van der Waals surface area contributed by atoms with Gasteiger partial charge in [-0.05, 0) is 73.5 Å². The van der Waals surface area contributed by atoms with Crippen molar-refractivity contribution in [1.82, 2.24) is 20.1 Å². The predicted octanol–water partition coefficient (Wildman–Crippen LogP) is 6.15. The van der Waals surface area contributed by atoms with Gasteiger partial charge in [-0.25, -0.2) is 0 Å². The minimum Gasteiger partial charge on any atom is -0.391 e. The Bertz CT molecular complexity index is 1910. The molecule has 0 radical (unpaired) electrons. The molecule has 1 aliphatic rings. The van der Waals surface area contributed by atoms with Gasteiger partial charge in [-0.3, -0.25) is 14.5 Å². The summed E-state index contributed by atoms with van der Waals surface area (Å²) in [6.45, 7) is 10.9. The smallest absolute Gasteiger partial charge is 0.252 e. The van der Waals surface area contributed by atoms with Crippen LogP contribution in [0, 0.1) is 0 Å². The molecule has 0 aliphatic carbocycles. The lowest BCUT2D eigenvalue weighted by molar-refractivity contribution is 0.0365. The number of rotatable bonds is 12. The van der Waals surface area contributed by atoms with Gasteiger partial charge < -0.3 is 25.0 Å². The average Bonchev–Trinajstić information content (AvgIpc) is 3.52. The first-order valence-corrected chi connectivity index (χ1v) is 18.0. The lowest BCUT2D eigenvalue weighted by atomic mass is 9.97. The van der Waals surface area contributed by atoms with Gasteiger partial charge in [0.2, 0.25) is 0 Å². The molecule has 0 spiro atoms. The van der Waals surface area contributed by atoms with Crippen LogP contribution in [-0.4, -0.2) is 82.7 Å². The van der Waals surface area contributed by atoms with Gasteiger partial charge in [-0.15, -0.1) is 11.8 Å². The van der Waals surface area contributed by atoms with Gasteiger partial charge in [-0.1, -0.05) is 54.6 Å². The fourth-order valence-corrected chi connectivity index (χ4v) is 7.38. The number of nitrogens with zero attached hydrogens (tertiary/aromatic N) is 2. The van der Waals surface area contributed by atoms with Crippen LogP contribution in [0.1, 0.15) is 47.1 Å². The quantitative estimate of drug-likeness (QED) is 0.137. The molecule has 0 bridgehead atoms. The standard InChI is InChI=1S/C40H46N4O4S/c1-40(2,3)42-39(47)32-12-7-6-11-30(32)26-37(45)35(27-49-31-16-15-28-9-4-5-10-29(28)25-31)41-38(46)34-13-8-14-36-33(34)17-18-44(36)20-19-43-21-23-48-24-22-43/h4-18,25,35,37,45H,19-24,26-27H2,1-3H3,(H,41,46)(H,42,47)/t35-,37+/m0/s1. The van der Waals surface area contributed by atoms with Crippen molar-refractivity contribution < 1.29 is 19.4 Å². The fourth-order valence-electron chi connectivity index (χ4n) is 6.32. The lowest BCUT2D eigenvalue weighted by Crippen LogP contribution is -2.46. The number of nitrogens with one attached hydrogen (secondary N) is 2. The number of aliphatic hydroxyl groups is 1. The first-order valence-electron chi connectivity index (χ1n) is 17.0. The molecule has 1 aromatic heterocycles. The van der Waals surface area contributed by atoms with E-state index in [0.29, 0.717) is 16.9 Å². The van der Waals surface area contributed by atoms with Crippen LogP contribution in [0.5, 0.6) is 0 Å². The average molecular weight is 679 g/mol. The second kappa shape index (κ2) is 15.6. The Morgan fingerprint density at radius 1 is 0.857 bits per heavy atom. The summed E-state index contributed by atoms with van der Waals surface area (Å²) in [4.78, 5) is 30.7. The van der Waals surface area contributed by atoms with Crippen molar-refractivity contribution in [3.05, 3.63) is 114 Å². The van der Waals surface area contributed by atoms with Crippen LogP contribution in [-0.2, 0) is 17.7 Å². The molecule has 2 atom stereocenters. The maximum absolute atomic E-state index is 14.0. The van der Waals surface area contributed by atoms with E-state index < -0.39 is 17.7 Å². The van der Waals surface area contributed by atoms with Crippen LogP contribution in [0.15, 0.2) is 102 Å². The second-order valence-electron chi connectivity index (χ2n) is 13.7. The Morgan fingerprint density at radius 2 is 1.59 bits per heavy atom. The summed E-state index contributed by atoms with van der Waals surface area (Å²) in [7, 11) is 0. The molecule has 0 unspecified atom stereocenters. The van der Waals surface area contributed by atoms with Gasteiger partial charge in [0.15, 0.2) is 0 Å². The van der Waals surface area contributed by atoms with E-state index in [-0.39, 0.29) is 18.2 Å². The van der Waals surface area contributed by atoms with Crippen molar-refractivity contribution in [2.75, 3.05) is 38.6 Å². The first-order chi connectivity index (χ1) is 23.6. The number of hydrogen-bond acceptors (Lipinski definition) is 6. The highest BCUT2D eigenvalue weighted by Crippen LogP contribution is 2.27. The minimum absolute atomic E-state index is 0.189. The van der Waals surface area contributed by atoms with Gasteiger partial charge in [0.1, 0.15) is 0 Å². The largest absolute Gasteiger partial charge is 0.391 e. The van der Waals surface area contributed by atoms with Crippen LogP contribution in [0.4, 0.5) is 0 Å². The molecular weight excluding hydrogens is 633 g/mol. The summed E-state index contributed by atoms with van der Waals surface area (Å²) in [5, 5.41) is 21.2. The number of aliphatic hydroxyl groups excluding tert-OH is 1. The summed E-state index contributed by atoms with van der Waals surface area (Å²) in [6.07, 6.45) is 1.31. The van der Waals surface area contributed by atoms with Crippen LogP contribution in [0.3, 0.4) is 0 Å². The Labute approximate surface area is 292 Å². The summed E-state index contributed by atoms with van der Waals surface area (Å²) in [5.74, 6) is 0.0164. The van der Waals surface area contributed by atoms with Crippen LogP contribution in [0.2, 0.25) is 0 Å². The highest BCUT2D eigenvalue weighted by atomic mass is 32.2. The zero-order chi connectivity index (χ0) is 34.4. The van der Waals surface area contributed by atoms with Gasteiger partial charge in [-0.2, -0.15) is 0 Å². The number of morpholine rings is 1. The molecular formula is C40H46N4O4S. The fraction of sp³-hybridized carbons (Fsp3) is 0.350. The minimum atomic E-state index is -0.946. The Morgan fingerprint density at radius 3 is 2.39 bits per heavy atom. The van der Waals surface area contributed by atoms with Gasteiger partial charge in [0.05, 0.1) is 25.4 Å². The highest BCUT2D eigenvalue weighted by Gasteiger charge is 2.26. The lowest BCUT2D eigenvalue weighted by Gasteiger charge is -2.26. The Hall–Kier alpha value is -4.15. The third-order valence-electron chi connectivity index (χ3n) is 8.93. The predicted molar refractivity (Wildman–Crippen MR) is 198 cm³/mol. The second-order valence-corrected chi connectivity index (χ2v) is 14.8. The molecule has 1 fully saturated rings. The summed E-state index contributed by atoms with van der Waals surface area (Å²) in [5.41, 5.74) is 2.42. The molecule has 4 aromatic carbocycles. The number of amides is 2. The van der Waals surface area contributed by atoms with Crippen molar-refractivity contribution in [2.45, 2.75) is 56.3 Å². The molecule has 2 amide bonds. The normalized spacial score (nSPS) is 15.3. The van der Waals surface area contributed by atoms with E-state index in [1.54, 1.807) is 17.8 Å². The SMILES string of the molecule is CC(C)(C)NC(=O)c1ccccc1C[C@@H](O)[C@H](CSc1ccc2ccccc2c1)NC(=O)c1cccc2c1ccn2CCN1CCOCC1. The number of carbonyl (C=O) groups excluding carboxylic acids is 2. The third-order valence-corrected chi connectivity index (χ3v) is 10.0. The molecule has 6 rings (SSSR count). The molecule has 1 saturated heterocycles. The summed E-state index contributed by atoms with van der Waals surface area (Å²) in [6, 6.07) is 29.1. The number of ether oxygens (including phenoxy) is 1. The first kappa shape index (κ1) is 34.7. The van der Waals surface area contributed by atoms with E-state index in [0.717, 1.165) is 71.5 Å². The number of fused-ring (bicyclic) bond motifs is 2. The molecule has 256 valence electrons. The third kappa shape index (κ3) is 8.91. The zero-order valence-electron chi connectivity index (χ0n) is 28.5. The summed E-state index contributed by atoms with van der Waals surface area (Å²) >= 11 is 1.59. The molecule has 8 nitrogen and oxygen atoms in total. The number of hydrogen-bond donors (Lipinski definition) is 3. The van der Waals surface area contributed by atoms with Crippen molar-refractivity contribution in [1.29, 1.82) is 0 Å². The molecule has 3 N–H and O–H groups in total. The molecule has 49 heavy (non-hydrogen) atoms.